The van der Waals surface area contributed by atoms with Crippen LogP contribution in [-0.2, 0) is 11.2 Å². The summed E-state index contributed by atoms with van der Waals surface area (Å²) in [5.74, 6) is 0. The van der Waals surface area contributed by atoms with Crippen molar-refractivity contribution in [2.24, 2.45) is 0 Å². The Hall–Kier alpha value is -0.120. The Labute approximate surface area is 67.0 Å². The molecule has 0 saturated carbocycles. The highest BCUT2D eigenvalue weighted by molar-refractivity contribution is 8.15. The number of thioether (sulfide) groups is 1. The first kappa shape index (κ1) is 6.58. The third-order valence-corrected chi connectivity index (χ3v) is 4.39. The molecule has 0 spiro atoms. The number of hydrogen-bond acceptors (Lipinski definition) is 2. The van der Waals surface area contributed by atoms with Crippen molar-refractivity contribution in [3.63, 3.8) is 0 Å². The van der Waals surface area contributed by atoms with E-state index in [1.807, 2.05) is 24.3 Å². The van der Waals surface area contributed by atoms with Crippen molar-refractivity contribution >= 4 is 22.9 Å². The zero-order chi connectivity index (χ0) is 6.97. The van der Waals surface area contributed by atoms with E-state index in [0.717, 1.165) is 9.98 Å². The Kier molecular flexibility index (Phi) is 1.64. The minimum absolute atomic E-state index is 0.735. The van der Waals surface area contributed by atoms with E-state index in [4.69, 9.17) is 0 Å². The molecule has 3 heteroatoms. The monoisotopic (exact) mass is 170 g/mol. The first-order valence-electron chi connectivity index (χ1n) is 2.98. The standard InChI is InChI=1S/C7H6OS2/c8-10-5-9-6-3-1-2-4-7(6)10/h1-4H,5H2. The van der Waals surface area contributed by atoms with Crippen LogP contribution in [0.2, 0.25) is 0 Å². The normalized spacial score (nSPS) is 22.7. The molecule has 1 aliphatic rings. The topological polar surface area (TPSA) is 23.1 Å². The van der Waals surface area contributed by atoms with Gasteiger partial charge in [-0.15, -0.1) is 0 Å². The molecular formula is C7H6OS2. The summed E-state index contributed by atoms with van der Waals surface area (Å²) in [6.45, 7) is 0. The summed E-state index contributed by atoms with van der Waals surface area (Å²) in [6.07, 6.45) is 0. The minimum atomic E-state index is -0.735. The molecule has 0 aliphatic carbocycles. The van der Waals surface area contributed by atoms with E-state index in [2.05, 4.69) is 0 Å². The maximum Gasteiger partial charge on any atom is 0.167 e. The summed E-state index contributed by atoms with van der Waals surface area (Å²) in [7, 11) is 0. The van der Waals surface area contributed by atoms with Gasteiger partial charge in [0.25, 0.3) is 0 Å². The van der Waals surface area contributed by atoms with Gasteiger partial charge in [0, 0.05) is 0 Å². The van der Waals surface area contributed by atoms with Gasteiger partial charge in [0.1, 0.15) is 0 Å². The summed E-state index contributed by atoms with van der Waals surface area (Å²) in [4.78, 5) is 2.19. The molecule has 1 heterocycles. The van der Waals surface area contributed by atoms with Gasteiger partial charge in [-0.25, -0.2) is 0 Å². The van der Waals surface area contributed by atoms with Crippen LogP contribution in [0.15, 0.2) is 34.1 Å². The molecule has 1 atom stereocenters. The van der Waals surface area contributed by atoms with E-state index in [9.17, 15) is 4.55 Å². The van der Waals surface area contributed by atoms with Gasteiger partial charge in [-0.05, 0) is 23.3 Å². The lowest BCUT2D eigenvalue weighted by Crippen LogP contribution is -1.96. The van der Waals surface area contributed by atoms with E-state index in [0.29, 0.717) is 0 Å². The van der Waals surface area contributed by atoms with Crippen LogP contribution >= 0.6 is 11.8 Å². The zero-order valence-corrected chi connectivity index (χ0v) is 6.87. The zero-order valence-electron chi connectivity index (χ0n) is 5.24. The molecule has 1 unspecified atom stereocenters. The molecule has 0 bridgehead atoms. The minimum Gasteiger partial charge on any atom is -0.611 e. The largest absolute Gasteiger partial charge is 0.611 e. The summed E-state index contributed by atoms with van der Waals surface area (Å²) in [5, 5.41) is 0.735. The lowest BCUT2D eigenvalue weighted by molar-refractivity contribution is 0.599. The van der Waals surface area contributed by atoms with Crippen LogP contribution in [0.5, 0.6) is 0 Å². The molecule has 2 rings (SSSR count). The SMILES string of the molecule is [O-][S+]1CSc2ccccc21. The molecule has 0 fully saturated rings. The Morgan fingerprint density at radius 3 is 3.00 bits per heavy atom. The first-order chi connectivity index (χ1) is 4.88. The molecule has 10 heavy (non-hydrogen) atoms. The van der Waals surface area contributed by atoms with Crippen LogP contribution in [0.25, 0.3) is 0 Å². The second-order valence-corrected chi connectivity index (χ2v) is 4.86. The lowest BCUT2D eigenvalue weighted by Gasteiger charge is -1.99. The fraction of sp³-hybridized carbons (Fsp3) is 0.143. The van der Waals surface area contributed by atoms with Crippen molar-refractivity contribution in [1.82, 2.24) is 0 Å². The van der Waals surface area contributed by atoms with Gasteiger partial charge in [0.15, 0.2) is 9.98 Å². The van der Waals surface area contributed by atoms with Crippen LogP contribution in [-0.4, -0.2) is 9.64 Å². The predicted octanol–water partition coefficient (Wildman–Crippen LogP) is 1.86. The van der Waals surface area contributed by atoms with Gasteiger partial charge >= 0.3 is 0 Å². The van der Waals surface area contributed by atoms with Crippen molar-refractivity contribution in [2.45, 2.75) is 9.79 Å². The maximum atomic E-state index is 11.2. The van der Waals surface area contributed by atoms with Gasteiger partial charge in [0.2, 0.25) is 0 Å². The molecule has 0 saturated heterocycles. The summed E-state index contributed by atoms with van der Waals surface area (Å²) >= 11 is 0.941. The lowest BCUT2D eigenvalue weighted by atomic mass is 10.4. The summed E-state index contributed by atoms with van der Waals surface area (Å²) < 4.78 is 11.2. The fourth-order valence-electron chi connectivity index (χ4n) is 0.938. The number of hydrogen-bond donors (Lipinski definition) is 0. The van der Waals surface area contributed by atoms with Crippen molar-refractivity contribution in [1.29, 1.82) is 0 Å². The smallest absolute Gasteiger partial charge is 0.167 e. The van der Waals surface area contributed by atoms with Crippen molar-refractivity contribution in [2.75, 3.05) is 5.08 Å². The van der Waals surface area contributed by atoms with E-state index >= 15 is 0 Å². The maximum absolute atomic E-state index is 11.2. The van der Waals surface area contributed by atoms with E-state index in [1.165, 1.54) is 4.90 Å². The van der Waals surface area contributed by atoms with Crippen molar-refractivity contribution in [3.8, 4) is 0 Å². The van der Waals surface area contributed by atoms with E-state index in [-0.39, 0.29) is 0 Å². The highest BCUT2D eigenvalue weighted by Crippen LogP contribution is 2.36. The van der Waals surface area contributed by atoms with Crippen molar-refractivity contribution in [3.05, 3.63) is 24.3 Å². The van der Waals surface area contributed by atoms with E-state index in [1.54, 1.807) is 11.8 Å². The predicted molar refractivity (Wildman–Crippen MR) is 43.6 cm³/mol. The molecule has 1 aromatic rings. The third kappa shape index (κ3) is 0.944. The van der Waals surface area contributed by atoms with Gasteiger partial charge < -0.3 is 4.55 Å². The van der Waals surface area contributed by atoms with Crippen LogP contribution < -0.4 is 0 Å². The van der Waals surface area contributed by atoms with Crippen LogP contribution in [0.1, 0.15) is 0 Å². The van der Waals surface area contributed by atoms with Crippen molar-refractivity contribution < 1.29 is 4.55 Å². The van der Waals surface area contributed by atoms with E-state index < -0.39 is 11.2 Å². The number of fused-ring (bicyclic) bond motifs is 1. The highest BCUT2D eigenvalue weighted by atomic mass is 32.3. The van der Waals surface area contributed by atoms with Gasteiger partial charge in [-0.1, -0.05) is 23.9 Å². The van der Waals surface area contributed by atoms with Gasteiger partial charge in [-0.3, -0.25) is 0 Å². The molecule has 0 radical (unpaired) electrons. The molecule has 0 N–H and O–H groups in total. The first-order valence-corrected chi connectivity index (χ1v) is 5.28. The molecule has 1 aliphatic heterocycles. The molecule has 0 amide bonds. The fourth-order valence-corrected chi connectivity index (χ4v) is 3.75. The molecule has 0 aromatic heterocycles. The quantitative estimate of drug-likeness (QED) is 0.555. The summed E-state index contributed by atoms with van der Waals surface area (Å²) in [5.41, 5.74) is 0. The second kappa shape index (κ2) is 2.49. The molecular weight excluding hydrogens is 164 g/mol. The van der Waals surface area contributed by atoms with Crippen LogP contribution in [0.3, 0.4) is 0 Å². The van der Waals surface area contributed by atoms with Crippen LogP contribution in [0, 0.1) is 0 Å². The summed E-state index contributed by atoms with van der Waals surface area (Å²) in [6, 6.07) is 7.87. The Balaban J connectivity index is 2.51. The third-order valence-electron chi connectivity index (χ3n) is 1.42. The Morgan fingerprint density at radius 1 is 1.40 bits per heavy atom. The van der Waals surface area contributed by atoms with Gasteiger partial charge in [-0.2, -0.15) is 0 Å². The Morgan fingerprint density at radius 2 is 2.20 bits per heavy atom. The van der Waals surface area contributed by atoms with Gasteiger partial charge in [0.05, 0.1) is 4.90 Å². The molecule has 1 nitrogen and oxygen atoms in total. The number of benzene rings is 1. The molecule has 52 valence electrons. The highest BCUT2D eigenvalue weighted by Gasteiger charge is 2.23. The molecule has 1 aromatic carbocycles. The average Bonchev–Trinajstić information content (AvgIpc) is 2.34. The van der Waals surface area contributed by atoms with Crippen LogP contribution in [0.4, 0.5) is 0 Å². The average molecular weight is 170 g/mol. The Bertz CT molecular complexity index is 249. The number of rotatable bonds is 0. The second-order valence-electron chi connectivity index (χ2n) is 2.05.